The highest BCUT2D eigenvalue weighted by molar-refractivity contribution is 5.95. The van der Waals surface area contributed by atoms with Crippen LogP contribution in [0.1, 0.15) is 20.3 Å². The molecule has 0 radical (unpaired) electrons. The van der Waals surface area contributed by atoms with Gasteiger partial charge in [0.15, 0.2) is 0 Å². The van der Waals surface area contributed by atoms with Gasteiger partial charge in [-0.1, -0.05) is 13.0 Å². The fraction of sp³-hybridized carbons (Fsp3) is 0.533. The highest BCUT2D eigenvalue weighted by Crippen LogP contribution is 2.19. The summed E-state index contributed by atoms with van der Waals surface area (Å²) in [6.07, 6.45) is 1.12. The van der Waals surface area contributed by atoms with E-state index >= 15 is 0 Å². The fourth-order valence-electron chi connectivity index (χ4n) is 2.03. The number of benzene rings is 1. The molecule has 2 rings (SSSR count). The quantitative estimate of drug-likeness (QED) is 0.760. The molecule has 0 bridgehead atoms. The number of amides is 1. The molecule has 1 aromatic rings. The molecule has 1 fully saturated rings. The molecule has 0 aromatic heterocycles. The number of ether oxygens (including phenoxy) is 1. The molecule has 5 nitrogen and oxygen atoms in total. The zero-order valence-corrected chi connectivity index (χ0v) is 12.1. The molecule has 3 N–H and O–H groups in total. The van der Waals surface area contributed by atoms with E-state index in [1.807, 2.05) is 31.2 Å². The molecule has 1 aliphatic rings. The van der Waals surface area contributed by atoms with Gasteiger partial charge in [-0.25, -0.2) is 0 Å². The van der Waals surface area contributed by atoms with Gasteiger partial charge in [0.1, 0.15) is 5.75 Å². The van der Waals surface area contributed by atoms with E-state index in [1.54, 1.807) is 0 Å². The van der Waals surface area contributed by atoms with E-state index in [1.165, 1.54) is 0 Å². The summed E-state index contributed by atoms with van der Waals surface area (Å²) in [6, 6.07) is 7.35. The van der Waals surface area contributed by atoms with Gasteiger partial charge in [0.25, 0.3) is 0 Å². The first-order valence-corrected chi connectivity index (χ1v) is 7.20. The van der Waals surface area contributed by atoms with Crippen LogP contribution in [0.25, 0.3) is 0 Å². The monoisotopic (exact) mass is 277 g/mol. The number of anilines is 1. The molecule has 1 amide bonds. The third kappa shape index (κ3) is 4.21. The molecule has 0 spiro atoms. The second-order valence-electron chi connectivity index (χ2n) is 5.06. The van der Waals surface area contributed by atoms with Crippen molar-refractivity contribution in [2.45, 2.75) is 32.4 Å². The van der Waals surface area contributed by atoms with Gasteiger partial charge in [0.2, 0.25) is 5.91 Å². The second kappa shape index (κ2) is 7.26. The number of carbonyl (C=O) groups is 1. The van der Waals surface area contributed by atoms with Crippen molar-refractivity contribution in [3.8, 4) is 5.75 Å². The summed E-state index contributed by atoms with van der Waals surface area (Å²) in [5.41, 5.74) is 0.767. The van der Waals surface area contributed by atoms with Crippen molar-refractivity contribution in [3.05, 3.63) is 24.3 Å². The summed E-state index contributed by atoms with van der Waals surface area (Å²) in [5, 5.41) is 9.31. The molecule has 110 valence electrons. The lowest BCUT2D eigenvalue weighted by molar-refractivity contribution is -0.118. The molecule has 20 heavy (non-hydrogen) atoms. The third-order valence-corrected chi connectivity index (χ3v) is 3.37. The van der Waals surface area contributed by atoms with Crippen molar-refractivity contribution in [1.29, 1.82) is 0 Å². The summed E-state index contributed by atoms with van der Waals surface area (Å²) in [4.78, 5) is 12.1. The number of piperazine rings is 1. The molecule has 2 atom stereocenters. The van der Waals surface area contributed by atoms with Gasteiger partial charge in [-0.2, -0.15) is 0 Å². The van der Waals surface area contributed by atoms with Gasteiger partial charge in [-0.3, -0.25) is 4.79 Å². The number of carbonyl (C=O) groups excluding carboxylic acids is 1. The van der Waals surface area contributed by atoms with Gasteiger partial charge >= 0.3 is 0 Å². The summed E-state index contributed by atoms with van der Waals surface area (Å²) in [7, 11) is 0. The van der Waals surface area contributed by atoms with Crippen molar-refractivity contribution in [2.75, 3.05) is 25.0 Å². The molecule has 1 saturated heterocycles. The van der Waals surface area contributed by atoms with Crippen LogP contribution in [0.4, 0.5) is 5.69 Å². The highest BCUT2D eigenvalue weighted by Gasteiger charge is 2.20. The molecule has 0 saturated carbocycles. The largest absolute Gasteiger partial charge is 0.491 e. The van der Waals surface area contributed by atoms with Crippen LogP contribution >= 0.6 is 0 Å². The first kappa shape index (κ1) is 14.8. The lowest BCUT2D eigenvalue weighted by Gasteiger charge is -2.23. The minimum absolute atomic E-state index is 0.0158. The van der Waals surface area contributed by atoms with E-state index in [2.05, 4.69) is 22.9 Å². The Morgan fingerprint density at radius 1 is 1.50 bits per heavy atom. The Kier molecular flexibility index (Phi) is 5.38. The smallest absolute Gasteiger partial charge is 0.242 e. The fourth-order valence-corrected chi connectivity index (χ4v) is 2.03. The average Bonchev–Trinajstić information content (AvgIpc) is 2.48. The van der Waals surface area contributed by atoms with Gasteiger partial charge in [0.05, 0.1) is 12.1 Å². The van der Waals surface area contributed by atoms with E-state index in [0.717, 1.165) is 30.9 Å². The van der Waals surface area contributed by atoms with Crippen molar-refractivity contribution >= 4 is 11.6 Å². The van der Waals surface area contributed by atoms with Crippen molar-refractivity contribution in [1.82, 2.24) is 10.6 Å². The van der Waals surface area contributed by atoms with Crippen LogP contribution in [-0.4, -0.2) is 37.7 Å². The Morgan fingerprint density at radius 2 is 2.35 bits per heavy atom. The maximum atomic E-state index is 12.1. The standard InChI is InChI=1S/C15H23N3O2/c1-3-11(2)20-13-6-4-5-12(9-13)18-15(19)14-10-16-7-8-17-14/h4-6,9,11,14,16-17H,3,7-8,10H2,1-2H3,(H,18,19). The highest BCUT2D eigenvalue weighted by atomic mass is 16.5. The maximum absolute atomic E-state index is 12.1. The Bertz CT molecular complexity index is 444. The zero-order chi connectivity index (χ0) is 14.4. The molecule has 1 aromatic carbocycles. The van der Waals surface area contributed by atoms with Gasteiger partial charge < -0.3 is 20.7 Å². The topological polar surface area (TPSA) is 62.4 Å². The van der Waals surface area contributed by atoms with Gasteiger partial charge in [-0.05, 0) is 25.5 Å². The SMILES string of the molecule is CCC(C)Oc1cccc(NC(=O)C2CNCCN2)c1. The van der Waals surface area contributed by atoms with Gasteiger partial charge in [-0.15, -0.1) is 0 Å². The summed E-state index contributed by atoms with van der Waals surface area (Å²) < 4.78 is 5.75. The lowest BCUT2D eigenvalue weighted by Crippen LogP contribution is -2.54. The first-order chi connectivity index (χ1) is 9.69. The van der Waals surface area contributed by atoms with E-state index in [0.29, 0.717) is 6.54 Å². The third-order valence-electron chi connectivity index (χ3n) is 3.37. The van der Waals surface area contributed by atoms with E-state index in [-0.39, 0.29) is 18.1 Å². The minimum atomic E-state index is -0.178. The molecular weight excluding hydrogens is 254 g/mol. The predicted molar refractivity (Wildman–Crippen MR) is 80.1 cm³/mol. The Balaban J connectivity index is 1.94. The van der Waals surface area contributed by atoms with E-state index < -0.39 is 0 Å². The van der Waals surface area contributed by atoms with Crippen LogP contribution in [-0.2, 0) is 4.79 Å². The Morgan fingerprint density at radius 3 is 3.05 bits per heavy atom. The van der Waals surface area contributed by atoms with Crippen LogP contribution in [0.2, 0.25) is 0 Å². The molecule has 1 heterocycles. The second-order valence-corrected chi connectivity index (χ2v) is 5.06. The van der Waals surface area contributed by atoms with Gasteiger partial charge in [0, 0.05) is 31.4 Å². The normalized spacial score (nSPS) is 20.2. The number of hydrogen-bond acceptors (Lipinski definition) is 4. The van der Waals surface area contributed by atoms with E-state index in [4.69, 9.17) is 4.74 Å². The number of hydrogen-bond donors (Lipinski definition) is 3. The number of nitrogens with one attached hydrogen (secondary N) is 3. The van der Waals surface area contributed by atoms with Crippen LogP contribution in [0.5, 0.6) is 5.75 Å². The summed E-state index contributed by atoms with van der Waals surface area (Å²) >= 11 is 0. The van der Waals surface area contributed by atoms with Crippen LogP contribution in [0.15, 0.2) is 24.3 Å². The maximum Gasteiger partial charge on any atom is 0.242 e. The molecule has 1 aliphatic heterocycles. The van der Waals surface area contributed by atoms with Crippen molar-refractivity contribution in [3.63, 3.8) is 0 Å². The molecule has 0 aliphatic carbocycles. The summed E-state index contributed by atoms with van der Waals surface area (Å²) in [6.45, 7) is 6.49. The summed E-state index contributed by atoms with van der Waals surface area (Å²) in [5.74, 6) is 0.768. The molecule has 5 heteroatoms. The van der Waals surface area contributed by atoms with Crippen LogP contribution in [0.3, 0.4) is 0 Å². The molecule has 2 unspecified atom stereocenters. The minimum Gasteiger partial charge on any atom is -0.491 e. The van der Waals surface area contributed by atoms with E-state index in [9.17, 15) is 4.79 Å². The predicted octanol–water partition coefficient (Wildman–Crippen LogP) is 1.36. The number of rotatable bonds is 5. The zero-order valence-electron chi connectivity index (χ0n) is 12.1. The van der Waals surface area contributed by atoms with Crippen molar-refractivity contribution < 1.29 is 9.53 Å². The lowest BCUT2D eigenvalue weighted by atomic mass is 10.2. The average molecular weight is 277 g/mol. The molecular formula is C15H23N3O2. The Labute approximate surface area is 120 Å². The Hall–Kier alpha value is -1.59. The van der Waals surface area contributed by atoms with Crippen LogP contribution < -0.4 is 20.7 Å². The first-order valence-electron chi connectivity index (χ1n) is 7.20. The van der Waals surface area contributed by atoms with Crippen LogP contribution in [0, 0.1) is 0 Å². The van der Waals surface area contributed by atoms with Crippen molar-refractivity contribution in [2.24, 2.45) is 0 Å².